The lowest BCUT2D eigenvalue weighted by atomic mass is 10.0. The molecule has 0 radical (unpaired) electrons. The maximum atomic E-state index is 5.56. The largest absolute Gasteiger partial charge is 0.383 e. The Morgan fingerprint density at radius 2 is 2.06 bits per heavy atom. The van der Waals surface area contributed by atoms with Gasteiger partial charge in [-0.3, -0.25) is 4.98 Å². The highest BCUT2D eigenvalue weighted by Gasteiger charge is 2.06. The first-order valence-electron chi connectivity index (χ1n) is 6.47. The number of hydrogen-bond donors (Lipinski definition) is 2. The molecule has 0 aliphatic heterocycles. The van der Waals surface area contributed by atoms with Gasteiger partial charge in [-0.2, -0.15) is 0 Å². The Kier molecular flexibility index (Phi) is 3.82. The van der Waals surface area contributed by atoms with Crippen LogP contribution in [0.3, 0.4) is 0 Å². The molecule has 0 aliphatic rings. The number of aryl methyl sites for hydroxylation is 1. The molecule has 0 amide bonds. The third kappa shape index (κ3) is 2.62. The summed E-state index contributed by atoms with van der Waals surface area (Å²) in [6.45, 7) is 7.84. The molecular formula is C15H21N3. The molecule has 3 nitrogen and oxygen atoms in total. The van der Waals surface area contributed by atoms with Gasteiger partial charge in [-0.05, 0) is 36.6 Å². The molecule has 3 heteroatoms. The number of pyridine rings is 1. The lowest BCUT2D eigenvalue weighted by Crippen LogP contribution is -2.13. The Hall–Kier alpha value is -1.61. The number of aromatic nitrogens is 1. The molecule has 0 saturated carbocycles. The molecule has 0 unspecified atom stereocenters. The summed E-state index contributed by atoms with van der Waals surface area (Å²) in [6.07, 6.45) is 0. The summed E-state index contributed by atoms with van der Waals surface area (Å²) in [4.78, 5) is 4.57. The predicted octanol–water partition coefficient (Wildman–Crippen LogP) is 3.04. The third-order valence-electron chi connectivity index (χ3n) is 3.09. The average Bonchev–Trinajstić information content (AvgIpc) is 2.35. The van der Waals surface area contributed by atoms with Gasteiger partial charge in [0.05, 0.1) is 5.52 Å². The van der Waals surface area contributed by atoms with Crippen LogP contribution in [-0.4, -0.2) is 18.1 Å². The van der Waals surface area contributed by atoms with E-state index in [1.165, 1.54) is 10.9 Å². The maximum Gasteiger partial charge on any atom is 0.0726 e. The van der Waals surface area contributed by atoms with Crippen LogP contribution < -0.4 is 11.1 Å². The summed E-state index contributed by atoms with van der Waals surface area (Å²) in [5, 5.41) is 4.56. The Morgan fingerprint density at radius 1 is 1.28 bits per heavy atom. The van der Waals surface area contributed by atoms with E-state index in [2.05, 4.69) is 48.4 Å². The Morgan fingerprint density at radius 3 is 2.72 bits per heavy atom. The van der Waals surface area contributed by atoms with Crippen LogP contribution in [0.1, 0.15) is 31.0 Å². The van der Waals surface area contributed by atoms with Crippen molar-refractivity contribution in [3.05, 3.63) is 35.5 Å². The van der Waals surface area contributed by atoms with E-state index in [1.807, 2.05) is 6.92 Å². The topological polar surface area (TPSA) is 50.9 Å². The number of hydrogen-bond acceptors (Lipinski definition) is 3. The third-order valence-corrected chi connectivity index (χ3v) is 3.09. The van der Waals surface area contributed by atoms with Gasteiger partial charge < -0.3 is 11.1 Å². The summed E-state index contributed by atoms with van der Waals surface area (Å²) < 4.78 is 0. The Balaban J connectivity index is 2.54. The molecule has 0 aliphatic carbocycles. The van der Waals surface area contributed by atoms with Crippen LogP contribution in [0.5, 0.6) is 0 Å². The second-order valence-corrected chi connectivity index (χ2v) is 4.96. The fraction of sp³-hybridized carbons (Fsp3) is 0.400. The van der Waals surface area contributed by atoms with Gasteiger partial charge in [0, 0.05) is 29.9 Å². The minimum Gasteiger partial charge on any atom is -0.383 e. The van der Waals surface area contributed by atoms with Crippen molar-refractivity contribution >= 4 is 16.6 Å². The minimum atomic E-state index is 0.526. The fourth-order valence-electron chi connectivity index (χ4n) is 2.09. The van der Waals surface area contributed by atoms with Crippen molar-refractivity contribution in [2.24, 2.45) is 5.73 Å². The van der Waals surface area contributed by atoms with Crippen LogP contribution >= 0.6 is 0 Å². The molecule has 2 rings (SSSR count). The molecule has 0 atom stereocenters. The predicted molar refractivity (Wildman–Crippen MR) is 78.1 cm³/mol. The van der Waals surface area contributed by atoms with Crippen LogP contribution in [0.25, 0.3) is 10.9 Å². The van der Waals surface area contributed by atoms with E-state index in [9.17, 15) is 0 Å². The maximum absolute atomic E-state index is 5.56. The average molecular weight is 243 g/mol. The molecule has 0 bridgehead atoms. The minimum absolute atomic E-state index is 0.526. The van der Waals surface area contributed by atoms with Crippen LogP contribution in [0.15, 0.2) is 24.3 Å². The summed E-state index contributed by atoms with van der Waals surface area (Å²) >= 11 is 0. The smallest absolute Gasteiger partial charge is 0.0726 e. The van der Waals surface area contributed by atoms with Crippen LogP contribution in [0, 0.1) is 6.92 Å². The van der Waals surface area contributed by atoms with Crippen LogP contribution in [-0.2, 0) is 0 Å². The quantitative estimate of drug-likeness (QED) is 0.867. The van der Waals surface area contributed by atoms with Crippen molar-refractivity contribution in [2.45, 2.75) is 26.7 Å². The number of fused-ring (bicyclic) bond motifs is 1. The van der Waals surface area contributed by atoms with Gasteiger partial charge in [-0.15, -0.1) is 0 Å². The monoisotopic (exact) mass is 243 g/mol. The molecule has 3 N–H and O–H groups in total. The number of nitrogens with two attached hydrogens (primary N) is 1. The van der Waals surface area contributed by atoms with Crippen molar-refractivity contribution in [1.29, 1.82) is 0 Å². The standard InChI is InChI=1S/C15H21N3/c1-10(2)12-4-5-14-13(9-12)15(17-7-6-16)8-11(3)18-14/h4-5,8-10H,6-7,16H2,1-3H3,(H,17,18). The summed E-state index contributed by atoms with van der Waals surface area (Å²) in [6, 6.07) is 8.57. The second-order valence-electron chi connectivity index (χ2n) is 4.96. The van der Waals surface area contributed by atoms with Crippen molar-refractivity contribution in [3.8, 4) is 0 Å². The van der Waals surface area contributed by atoms with Gasteiger partial charge in [-0.25, -0.2) is 0 Å². The molecule has 1 aromatic carbocycles. The lowest BCUT2D eigenvalue weighted by molar-refractivity contribution is 0.868. The van der Waals surface area contributed by atoms with Gasteiger partial charge >= 0.3 is 0 Å². The van der Waals surface area contributed by atoms with Gasteiger partial charge in [0.15, 0.2) is 0 Å². The zero-order valence-electron chi connectivity index (χ0n) is 11.3. The second kappa shape index (κ2) is 5.36. The molecule has 1 heterocycles. The fourth-order valence-corrected chi connectivity index (χ4v) is 2.09. The van der Waals surface area contributed by atoms with Crippen molar-refractivity contribution < 1.29 is 0 Å². The molecular weight excluding hydrogens is 222 g/mol. The van der Waals surface area contributed by atoms with Gasteiger partial charge in [-0.1, -0.05) is 19.9 Å². The van der Waals surface area contributed by atoms with Crippen molar-refractivity contribution in [1.82, 2.24) is 4.98 Å². The van der Waals surface area contributed by atoms with E-state index in [-0.39, 0.29) is 0 Å². The first-order valence-corrected chi connectivity index (χ1v) is 6.47. The Labute approximate surface area is 108 Å². The normalized spacial score (nSPS) is 11.2. The number of anilines is 1. The number of nitrogens with one attached hydrogen (secondary N) is 1. The molecule has 0 fully saturated rings. The van der Waals surface area contributed by atoms with E-state index < -0.39 is 0 Å². The molecule has 1 aromatic heterocycles. The zero-order chi connectivity index (χ0) is 13.1. The van der Waals surface area contributed by atoms with E-state index >= 15 is 0 Å². The Bertz CT molecular complexity index is 547. The van der Waals surface area contributed by atoms with Gasteiger partial charge in [0.2, 0.25) is 0 Å². The summed E-state index contributed by atoms with van der Waals surface area (Å²) in [5.41, 5.74) is 10.1. The summed E-state index contributed by atoms with van der Waals surface area (Å²) in [5.74, 6) is 0.526. The highest BCUT2D eigenvalue weighted by atomic mass is 14.9. The zero-order valence-corrected chi connectivity index (χ0v) is 11.3. The summed E-state index contributed by atoms with van der Waals surface area (Å²) in [7, 11) is 0. The SMILES string of the molecule is Cc1cc(NCCN)c2cc(C(C)C)ccc2n1. The first-order chi connectivity index (χ1) is 8.61. The van der Waals surface area contributed by atoms with E-state index in [0.717, 1.165) is 23.4 Å². The molecule has 18 heavy (non-hydrogen) atoms. The number of nitrogens with zero attached hydrogens (tertiary/aromatic N) is 1. The number of benzene rings is 1. The first kappa shape index (κ1) is 12.8. The highest BCUT2D eigenvalue weighted by Crippen LogP contribution is 2.26. The van der Waals surface area contributed by atoms with Crippen LogP contribution in [0.2, 0.25) is 0 Å². The number of rotatable bonds is 4. The molecule has 0 saturated heterocycles. The highest BCUT2D eigenvalue weighted by molar-refractivity contribution is 5.92. The van der Waals surface area contributed by atoms with Crippen LogP contribution in [0.4, 0.5) is 5.69 Å². The molecule has 2 aromatic rings. The lowest BCUT2D eigenvalue weighted by Gasteiger charge is -2.12. The van der Waals surface area contributed by atoms with E-state index in [0.29, 0.717) is 12.5 Å². The molecule has 96 valence electrons. The van der Waals surface area contributed by atoms with Gasteiger partial charge in [0.25, 0.3) is 0 Å². The van der Waals surface area contributed by atoms with E-state index in [4.69, 9.17) is 5.73 Å². The van der Waals surface area contributed by atoms with E-state index in [1.54, 1.807) is 0 Å². The van der Waals surface area contributed by atoms with Crippen molar-refractivity contribution in [3.63, 3.8) is 0 Å². The van der Waals surface area contributed by atoms with Crippen molar-refractivity contribution in [2.75, 3.05) is 18.4 Å². The molecule has 0 spiro atoms. The van der Waals surface area contributed by atoms with Gasteiger partial charge in [0.1, 0.15) is 0 Å².